The maximum Gasteiger partial charge on any atom is 0.303 e. The van der Waals surface area contributed by atoms with Gasteiger partial charge in [0.2, 0.25) is 0 Å². The Morgan fingerprint density at radius 3 is 2.18 bits per heavy atom. The zero-order valence-electron chi connectivity index (χ0n) is 11.2. The van der Waals surface area contributed by atoms with Crippen molar-refractivity contribution in [1.82, 2.24) is 0 Å². The van der Waals surface area contributed by atoms with Crippen molar-refractivity contribution in [2.24, 2.45) is 0 Å². The van der Waals surface area contributed by atoms with Gasteiger partial charge in [-0.3, -0.25) is 4.79 Å². The lowest BCUT2D eigenvalue weighted by Gasteiger charge is -2.09. The zero-order valence-corrected chi connectivity index (χ0v) is 11.2. The number of hydrogen-bond donors (Lipinski definition) is 2. The second-order valence-electron chi connectivity index (χ2n) is 3.93. The molecule has 2 N–H and O–H groups in total. The first-order valence-electron chi connectivity index (χ1n) is 5.57. The zero-order chi connectivity index (χ0) is 13.8. The van der Waals surface area contributed by atoms with Gasteiger partial charge in [-0.15, -0.1) is 0 Å². The molecule has 0 saturated carbocycles. The number of aliphatic hydroxyl groups is 1. The van der Waals surface area contributed by atoms with Crippen LogP contribution >= 0.6 is 0 Å². The smallest absolute Gasteiger partial charge is 0.303 e. The molecule has 0 spiro atoms. The average molecular weight is 244 g/mol. The van der Waals surface area contributed by atoms with E-state index in [1.807, 2.05) is 19.9 Å². The van der Waals surface area contributed by atoms with Crippen molar-refractivity contribution in [2.45, 2.75) is 40.2 Å². The summed E-state index contributed by atoms with van der Waals surface area (Å²) in [6.45, 7) is 11.9. The van der Waals surface area contributed by atoms with Gasteiger partial charge >= 0.3 is 5.97 Å². The molecular formula is C13H24O4. The largest absolute Gasteiger partial charge is 0.481 e. The normalized spacial score (nSPS) is 10.9. The molecule has 0 aromatic heterocycles. The van der Waals surface area contributed by atoms with Crippen LogP contribution in [0.2, 0.25) is 0 Å². The quantitative estimate of drug-likeness (QED) is 0.556. The standard InChI is InChI=1S/C10H18O2.C3H6O2/c1-8(2)5-6-12-7-10(11)9(3)4;1-2-3(4)5/h5,10-11H,3,6-7H2,1-2,4H3;2H2,1H3,(H,4,5). The van der Waals surface area contributed by atoms with E-state index in [-0.39, 0.29) is 6.42 Å². The third kappa shape index (κ3) is 17.5. The molecule has 100 valence electrons. The summed E-state index contributed by atoms with van der Waals surface area (Å²) in [7, 11) is 0. The van der Waals surface area contributed by atoms with Crippen molar-refractivity contribution in [3.8, 4) is 0 Å². The molecule has 0 fully saturated rings. The van der Waals surface area contributed by atoms with E-state index in [2.05, 4.69) is 6.58 Å². The number of aliphatic carboxylic acids is 1. The Morgan fingerprint density at radius 1 is 1.41 bits per heavy atom. The molecule has 4 nitrogen and oxygen atoms in total. The number of carboxylic acid groups (broad SMARTS) is 1. The van der Waals surface area contributed by atoms with Crippen molar-refractivity contribution in [2.75, 3.05) is 13.2 Å². The van der Waals surface area contributed by atoms with Gasteiger partial charge in [-0.2, -0.15) is 0 Å². The molecule has 0 heterocycles. The van der Waals surface area contributed by atoms with Gasteiger partial charge in [-0.05, 0) is 26.3 Å². The molecular weight excluding hydrogens is 220 g/mol. The summed E-state index contributed by atoms with van der Waals surface area (Å²) >= 11 is 0. The molecule has 0 bridgehead atoms. The third-order valence-electron chi connectivity index (χ3n) is 1.76. The van der Waals surface area contributed by atoms with Gasteiger partial charge in [0.05, 0.1) is 19.3 Å². The fourth-order valence-corrected chi connectivity index (χ4v) is 0.548. The van der Waals surface area contributed by atoms with Gasteiger partial charge in [0, 0.05) is 6.42 Å². The van der Waals surface area contributed by atoms with E-state index in [0.29, 0.717) is 13.2 Å². The van der Waals surface area contributed by atoms with Crippen LogP contribution in [0.4, 0.5) is 0 Å². The van der Waals surface area contributed by atoms with E-state index < -0.39 is 12.1 Å². The number of hydrogen-bond acceptors (Lipinski definition) is 3. The minimum atomic E-state index is -0.745. The van der Waals surface area contributed by atoms with Crippen LogP contribution in [-0.2, 0) is 9.53 Å². The fraction of sp³-hybridized carbons (Fsp3) is 0.615. The molecule has 0 aromatic rings. The molecule has 0 saturated heterocycles. The summed E-state index contributed by atoms with van der Waals surface area (Å²) in [6.07, 6.45) is 1.67. The van der Waals surface area contributed by atoms with Crippen molar-refractivity contribution < 1.29 is 19.7 Å². The summed E-state index contributed by atoms with van der Waals surface area (Å²) in [4.78, 5) is 9.37. The van der Waals surface area contributed by atoms with Gasteiger partial charge in [0.1, 0.15) is 0 Å². The van der Waals surface area contributed by atoms with E-state index >= 15 is 0 Å². The first-order valence-corrected chi connectivity index (χ1v) is 5.57. The van der Waals surface area contributed by atoms with Gasteiger partial charge < -0.3 is 14.9 Å². The summed E-state index contributed by atoms with van der Waals surface area (Å²) in [5, 5.41) is 17.0. The van der Waals surface area contributed by atoms with Crippen molar-refractivity contribution in [1.29, 1.82) is 0 Å². The van der Waals surface area contributed by atoms with Crippen LogP contribution in [-0.4, -0.2) is 35.5 Å². The number of carbonyl (C=O) groups is 1. The first kappa shape index (κ1) is 18.2. The lowest BCUT2D eigenvalue weighted by molar-refractivity contribution is -0.136. The van der Waals surface area contributed by atoms with Crippen molar-refractivity contribution >= 4 is 5.97 Å². The highest BCUT2D eigenvalue weighted by molar-refractivity contribution is 5.66. The van der Waals surface area contributed by atoms with E-state index in [0.717, 1.165) is 5.57 Å². The Morgan fingerprint density at radius 2 is 1.88 bits per heavy atom. The van der Waals surface area contributed by atoms with Crippen LogP contribution < -0.4 is 0 Å². The van der Waals surface area contributed by atoms with E-state index in [9.17, 15) is 9.90 Å². The fourth-order valence-electron chi connectivity index (χ4n) is 0.548. The Bertz CT molecular complexity index is 252. The number of ether oxygens (including phenoxy) is 1. The van der Waals surface area contributed by atoms with Gasteiger partial charge in [0.25, 0.3) is 0 Å². The highest BCUT2D eigenvalue weighted by atomic mass is 16.5. The van der Waals surface area contributed by atoms with Crippen LogP contribution in [0.5, 0.6) is 0 Å². The van der Waals surface area contributed by atoms with Crippen LogP contribution in [0.25, 0.3) is 0 Å². The Labute approximate surface area is 104 Å². The highest BCUT2D eigenvalue weighted by Gasteiger charge is 2.02. The Balaban J connectivity index is 0. The Kier molecular flexibility index (Phi) is 12.2. The van der Waals surface area contributed by atoms with Gasteiger partial charge in [0.15, 0.2) is 0 Å². The van der Waals surface area contributed by atoms with Gasteiger partial charge in [-0.1, -0.05) is 25.2 Å². The predicted octanol–water partition coefficient (Wildman–Crippen LogP) is 2.39. The minimum absolute atomic E-state index is 0.222. The van der Waals surface area contributed by atoms with Crippen LogP contribution in [0.15, 0.2) is 23.8 Å². The molecule has 0 amide bonds. The molecule has 17 heavy (non-hydrogen) atoms. The number of allylic oxidation sites excluding steroid dienone is 1. The lowest BCUT2D eigenvalue weighted by Crippen LogP contribution is -2.15. The molecule has 0 radical (unpaired) electrons. The van der Waals surface area contributed by atoms with Crippen molar-refractivity contribution in [3.05, 3.63) is 23.8 Å². The monoisotopic (exact) mass is 244 g/mol. The van der Waals surface area contributed by atoms with Crippen LogP contribution in [0.1, 0.15) is 34.1 Å². The molecule has 0 aliphatic rings. The first-order chi connectivity index (χ1) is 7.81. The predicted molar refractivity (Wildman–Crippen MR) is 69.0 cm³/mol. The second-order valence-corrected chi connectivity index (χ2v) is 3.93. The Hall–Kier alpha value is -1.13. The van der Waals surface area contributed by atoms with Gasteiger partial charge in [-0.25, -0.2) is 0 Å². The van der Waals surface area contributed by atoms with Crippen molar-refractivity contribution in [3.63, 3.8) is 0 Å². The third-order valence-corrected chi connectivity index (χ3v) is 1.76. The van der Waals surface area contributed by atoms with E-state index in [4.69, 9.17) is 9.84 Å². The number of carboxylic acids is 1. The van der Waals surface area contributed by atoms with Crippen LogP contribution in [0.3, 0.4) is 0 Å². The van der Waals surface area contributed by atoms with Crippen LogP contribution in [0, 0.1) is 0 Å². The summed E-state index contributed by atoms with van der Waals surface area (Å²) in [5.41, 5.74) is 1.96. The molecule has 0 aliphatic carbocycles. The molecule has 0 aromatic carbocycles. The SMILES string of the molecule is C=C(C)C(O)COCC=C(C)C.CCC(=O)O. The number of rotatable bonds is 6. The van der Waals surface area contributed by atoms with E-state index in [1.54, 1.807) is 13.8 Å². The van der Waals surface area contributed by atoms with E-state index in [1.165, 1.54) is 5.57 Å². The second kappa shape index (κ2) is 11.4. The molecule has 1 unspecified atom stereocenters. The topological polar surface area (TPSA) is 66.8 Å². The minimum Gasteiger partial charge on any atom is -0.481 e. The molecule has 0 rings (SSSR count). The average Bonchev–Trinajstić information content (AvgIpc) is 2.24. The lowest BCUT2D eigenvalue weighted by atomic mass is 10.2. The molecule has 4 heteroatoms. The maximum atomic E-state index is 9.37. The summed E-state index contributed by atoms with van der Waals surface area (Å²) < 4.78 is 5.18. The summed E-state index contributed by atoms with van der Waals surface area (Å²) in [5.74, 6) is -0.745. The molecule has 1 atom stereocenters. The molecule has 0 aliphatic heterocycles. The maximum absolute atomic E-state index is 9.37. The number of aliphatic hydroxyl groups excluding tert-OH is 1. The summed E-state index contributed by atoms with van der Waals surface area (Å²) in [6, 6.07) is 0. The highest BCUT2D eigenvalue weighted by Crippen LogP contribution is 1.98.